The van der Waals surface area contributed by atoms with Gasteiger partial charge in [-0.1, -0.05) is 19.1 Å². The summed E-state index contributed by atoms with van der Waals surface area (Å²) in [6.07, 6.45) is 3.49. The molecule has 0 fully saturated rings. The van der Waals surface area contributed by atoms with E-state index in [2.05, 4.69) is 18.0 Å². The predicted molar refractivity (Wildman–Crippen MR) is 111 cm³/mol. The minimum atomic E-state index is -0.774. The number of rotatable bonds is 8. The maximum absolute atomic E-state index is 11.8. The van der Waals surface area contributed by atoms with E-state index in [0.29, 0.717) is 17.7 Å². The highest BCUT2D eigenvalue weighted by molar-refractivity contribution is 5.90. The van der Waals surface area contributed by atoms with E-state index in [-0.39, 0.29) is 12.3 Å². The number of aliphatic carboxylic acids is 1. The highest BCUT2D eigenvalue weighted by Crippen LogP contribution is 2.36. The average molecular weight is 395 g/mol. The van der Waals surface area contributed by atoms with Crippen molar-refractivity contribution in [2.24, 2.45) is 0 Å². The Labute approximate surface area is 169 Å². The quantitative estimate of drug-likeness (QED) is 0.547. The van der Waals surface area contributed by atoms with Crippen LogP contribution >= 0.6 is 0 Å². The monoisotopic (exact) mass is 395 g/mol. The summed E-state index contributed by atoms with van der Waals surface area (Å²) in [6, 6.07) is 11.5. The number of esters is 1. The van der Waals surface area contributed by atoms with Crippen LogP contribution in [0.15, 0.2) is 42.6 Å². The number of carbonyl (C=O) groups excluding carboxylic acids is 1. The molecule has 0 aliphatic rings. The summed E-state index contributed by atoms with van der Waals surface area (Å²) in [5.74, 6) is -0.517. The molecule has 0 aliphatic heterocycles. The van der Waals surface area contributed by atoms with Crippen molar-refractivity contribution in [1.29, 1.82) is 0 Å². The first-order valence-electron chi connectivity index (χ1n) is 9.52. The van der Waals surface area contributed by atoms with Crippen molar-refractivity contribution >= 4 is 22.8 Å². The number of aryl methyl sites for hydroxylation is 1. The highest BCUT2D eigenvalue weighted by Gasteiger charge is 2.19. The molecule has 3 aromatic rings. The zero-order valence-corrected chi connectivity index (χ0v) is 16.8. The third-order valence-corrected chi connectivity index (χ3v) is 5.22. The Bertz CT molecular complexity index is 1040. The van der Waals surface area contributed by atoms with Gasteiger partial charge in [-0.15, -0.1) is 0 Å². The van der Waals surface area contributed by atoms with Crippen molar-refractivity contribution in [3.63, 3.8) is 0 Å². The number of carboxylic acid groups (broad SMARTS) is 1. The van der Waals surface area contributed by atoms with E-state index in [0.717, 1.165) is 34.0 Å². The van der Waals surface area contributed by atoms with Gasteiger partial charge in [-0.2, -0.15) is 0 Å². The van der Waals surface area contributed by atoms with Gasteiger partial charge in [0.05, 0.1) is 19.8 Å². The molecule has 1 atom stereocenters. The molecule has 6 heteroatoms. The van der Waals surface area contributed by atoms with Gasteiger partial charge < -0.3 is 19.6 Å². The van der Waals surface area contributed by atoms with Crippen LogP contribution in [0.3, 0.4) is 0 Å². The van der Waals surface area contributed by atoms with E-state index in [1.807, 2.05) is 24.4 Å². The summed E-state index contributed by atoms with van der Waals surface area (Å²) < 4.78 is 10.3. The summed E-state index contributed by atoms with van der Waals surface area (Å²) in [6.45, 7) is 2.09. The summed E-state index contributed by atoms with van der Waals surface area (Å²) >= 11 is 0. The first kappa shape index (κ1) is 20.5. The van der Waals surface area contributed by atoms with E-state index in [4.69, 9.17) is 14.6 Å². The standard InChI is InChI=1S/C23H25NO5/c1-14(17-9-8-16(23(27)29-3)12-21(17)28-2)19-13-24-20-10-7-15(11-18(19)20)5-4-6-22(25)26/h7-14,24H,4-6H2,1-3H3,(H,25,26). The number of carbonyl (C=O) groups is 2. The third-order valence-electron chi connectivity index (χ3n) is 5.22. The Morgan fingerprint density at radius 3 is 2.59 bits per heavy atom. The minimum absolute atomic E-state index is 0.0275. The Balaban J connectivity index is 1.93. The van der Waals surface area contributed by atoms with Crippen LogP contribution in [0.1, 0.15) is 52.7 Å². The van der Waals surface area contributed by atoms with Crippen molar-refractivity contribution in [3.8, 4) is 5.75 Å². The Morgan fingerprint density at radius 2 is 1.90 bits per heavy atom. The Kier molecular flexibility index (Phi) is 6.22. The number of H-pyrrole nitrogens is 1. The number of aromatic amines is 1. The average Bonchev–Trinajstić information content (AvgIpc) is 3.15. The molecule has 3 rings (SSSR count). The molecule has 0 amide bonds. The Hall–Kier alpha value is -3.28. The molecule has 2 aromatic carbocycles. The van der Waals surface area contributed by atoms with Crippen LogP contribution in [-0.4, -0.2) is 36.2 Å². The van der Waals surface area contributed by atoms with Crippen molar-refractivity contribution in [1.82, 2.24) is 4.98 Å². The van der Waals surface area contributed by atoms with Gasteiger partial charge in [-0.25, -0.2) is 4.79 Å². The predicted octanol–water partition coefficient (Wildman–Crippen LogP) is 4.52. The van der Waals surface area contributed by atoms with Crippen LogP contribution in [0.5, 0.6) is 5.75 Å². The van der Waals surface area contributed by atoms with Crippen LogP contribution in [0, 0.1) is 0 Å². The van der Waals surface area contributed by atoms with Gasteiger partial charge in [-0.05, 0) is 48.2 Å². The second-order valence-corrected chi connectivity index (χ2v) is 7.04. The number of fused-ring (bicyclic) bond motifs is 1. The molecule has 0 spiro atoms. The molecule has 1 unspecified atom stereocenters. The number of nitrogens with one attached hydrogen (secondary N) is 1. The lowest BCUT2D eigenvalue weighted by atomic mass is 9.90. The number of aromatic nitrogens is 1. The van der Waals surface area contributed by atoms with Gasteiger partial charge in [0.1, 0.15) is 5.75 Å². The molecule has 0 saturated carbocycles. The van der Waals surface area contributed by atoms with Crippen molar-refractivity contribution in [2.45, 2.75) is 32.1 Å². The first-order valence-corrected chi connectivity index (χ1v) is 9.52. The molecule has 1 aromatic heterocycles. The Morgan fingerprint density at radius 1 is 1.10 bits per heavy atom. The molecule has 6 nitrogen and oxygen atoms in total. The second-order valence-electron chi connectivity index (χ2n) is 7.04. The molecular formula is C23H25NO5. The van der Waals surface area contributed by atoms with Crippen LogP contribution in [0.2, 0.25) is 0 Å². The highest BCUT2D eigenvalue weighted by atomic mass is 16.5. The number of ether oxygens (including phenoxy) is 2. The SMILES string of the molecule is COC(=O)c1ccc(C(C)c2c[nH]c3ccc(CCCC(=O)O)cc23)c(OC)c1. The van der Waals surface area contributed by atoms with Crippen molar-refractivity contribution in [3.05, 3.63) is 64.8 Å². The van der Waals surface area contributed by atoms with Gasteiger partial charge >= 0.3 is 11.9 Å². The molecule has 0 bridgehead atoms. The zero-order valence-electron chi connectivity index (χ0n) is 16.8. The largest absolute Gasteiger partial charge is 0.496 e. The number of benzene rings is 2. The van der Waals surface area contributed by atoms with Gasteiger partial charge in [0, 0.05) is 35.0 Å². The molecule has 0 aliphatic carbocycles. The molecule has 0 radical (unpaired) electrons. The summed E-state index contributed by atoms with van der Waals surface area (Å²) in [5, 5.41) is 9.95. The first-order chi connectivity index (χ1) is 13.9. The molecule has 2 N–H and O–H groups in total. The smallest absolute Gasteiger partial charge is 0.337 e. The van der Waals surface area contributed by atoms with Crippen molar-refractivity contribution < 1.29 is 24.2 Å². The van der Waals surface area contributed by atoms with Gasteiger partial charge in [0.15, 0.2) is 0 Å². The molecule has 0 saturated heterocycles. The lowest BCUT2D eigenvalue weighted by molar-refractivity contribution is -0.137. The van der Waals surface area contributed by atoms with E-state index in [9.17, 15) is 9.59 Å². The topological polar surface area (TPSA) is 88.6 Å². The fraction of sp³-hybridized carbons (Fsp3) is 0.304. The molecule has 29 heavy (non-hydrogen) atoms. The zero-order chi connectivity index (χ0) is 21.0. The molecular weight excluding hydrogens is 370 g/mol. The minimum Gasteiger partial charge on any atom is -0.496 e. The molecule has 1 heterocycles. The van der Waals surface area contributed by atoms with E-state index >= 15 is 0 Å². The summed E-state index contributed by atoms with van der Waals surface area (Å²) in [7, 11) is 2.94. The van der Waals surface area contributed by atoms with Crippen LogP contribution in [-0.2, 0) is 16.0 Å². The maximum Gasteiger partial charge on any atom is 0.337 e. The van der Waals surface area contributed by atoms with Crippen LogP contribution < -0.4 is 4.74 Å². The lowest BCUT2D eigenvalue weighted by Gasteiger charge is -2.16. The van der Waals surface area contributed by atoms with Gasteiger partial charge in [0.25, 0.3) is 0 Å². The number of hydrogen-bond donors (Lipinski definition) is 2. The number of carboxylic acids is 1. The third kappa shape index (κ3) is 4.42. The van der Waals surface area contributed by atoms with Crippen LogP contribution in [0.25, 0.3) is 10.9 Å². The summed E-state index contributed by atoms with van der Waals surface area (Å²) in [5.41, 5.74) is 4.67. The second kappa shape index (κ2) is 8.82. The molecule has 152 valence electrons. The fourth-order valence-corrected chi connectivity index (χ4v) is 3.63. The van der Waals surface area contributed by atoms with E-state index in [1.165, 1.54) is 7.11 Å². The van der Waals surface area contributed by atoms with Crippen molar-refractivity contribution in [2.75, 3.05) is 14.2 Å². The summed E-state index contributed by atoms with van der Waals surface area (Å²) in [4.78, 5) is 25.9. The van der Waals surface area contributed by atoms with E-state index < -0.39 is 11.9 Å². The lowest BCUT2D eigenvalue weighted by Crippen LogP contribution is -2.05. The van der Waals surface area contributed by atoms with Gasteiger partial charge in [-0.3, -0.25) is 4.79 Å². The number of methoxy groups -OCH3 is 2. The van der Waals surface area contributed by atoms with E-state index in [1.54, 1.807) is 19.2 Å². The maximum atomic E-state index is 11.8. The van der Waals surface area contributed by atoms with Gasteiger partial charge in [0.2, 0.25) is 0 Å². The number of hydrogen-bond acceptors (Lipinski definition) is 4. The normalized spacial score (nSPS) is 12.0. The van der Waals surface area contributed by atoms with Crippen LogP contribution in [0.4, 0.5) is 0 Å². The fourth-order valence-electron chi connectivity index (χ4n) is 3.63.